The van der Waals surface area contributed by atoms with Gasteiger partial charge in [0, 0.05) is 25.6 Å². The standard InChI is InChI=1S/C17H21NO2.ClH/c19-17-15(12-14-4-2-1-3-5-14)6-7-16(17)13-18-8-10-20-11-9-18;/h1-5,12,16H,6-11,13H2;1H/b15-12+;. The average molecular weight is 308 g/mol. The summed E-state index contributed by atoms with van der Waals surface area (Å²) < 4.78 is 5.35. The molecule has 2 aliphatic rings. The van der Waals surface area contributed by atoms with Gasteiger partial charge in [-0.1, -0.05) is 30.3 Å². The van der Waals surface area contributed by atoms with Gasteiger partial charge in [-0.3, -0.25) is 9.69 Å². The Morgan fingerprint density at radius 2 is 1.90 bits per heavy atom. The van der Waals surface area contributed by atoms with Crippen molar-refractivity contribution in [3.63, 3.8) is 0 Å². The minimum atomic E-state index is 0. The van der Waals surface area contributed by atoms with E-state index in [4.69, 9.17) is 4.74 Å². The van der Waals surface area contributed by atoms with Crippen molar-refractivity contribution in [1.82, 2.24) is 4.90 Å². The Kier molecular flexibility index (Phi) is 5.97. The van der Waals surface area contributed by atoms with Gasteiger partial charge in [0.15, 0.2) is 5.78 Å². The van der Waals surface area contributed by atoms with Gasteiger partial charge in [0.1, 0.15) is 0 Å². The lowest BCUT2D eigenvalue weighted by Gasteiger charge is -2.28. The van der Waals surface area contributed by atoms with E-state index in [1.54, 1.807) is 0 Å². The van der Waals surface area contributed by atoms with Gasteiger partial charge < -0.3 is 4.74 Å². The Morgan fingerprint density at radius 3 is 2.62 bits per heavy atom. The zero-order valence-corrected chi connectivity index (χ0v) is 13.0. The normalized spacial score (nSPS) is 25.0. The van der Waals surface area contributed by atoms with Crippen LogP contribution in [0.5, 0.6) is 0 Å². The number of carbonyl (C=O) groups is 1. The van der Waals surface area contributed by atoms with Crippen LogP contribution in [0.3, 0.4) is 0 Å². The molecular formula is C17H22ClNO2. The highest BCUT2D eigenvalue weighted by molar-refractivity contribution is 6.03. The van der Waals surface area contributed by atoms with Gasteiger partial charge in [-0.05, 0) is 30.1 Å². The quantitative estimate of drug-likeness (QED) is 0.804. The molecule has 1 saturated heterocycles. The predicted octanol–water partition coefficient (Wildman–Crippen LogP) is 2.80. The van der Waals surface area contributed by atoms with Crippen molar-refractivity contribution in [3.8, 4) is 0 Å². The number of morpholine rings is 1. The van der Waals surface area contributed by atoms with E-state index in [9.17, 15) is 4.79 Å². The highest BCUT2D eigenvalue weighted by Crippen LogP contribution is 2.29. The van der Waals surface area contributed by atoms with Crippen molar-refractivity contribution in [2.24, 2.45) is 5.92 Å². The van der Waals surface area contributed by atoms with E-state index in [0.29, 0.717) is 5.78 Å². The van der Waals surface area contributed by atoms with Gasteiger partial charge in [-0.25, -0.2) is 0 Å². The first kappa shape index (κ1) is 16.2. The first-order chi connectivity index (χ1) is 9.83. The molecule has 114 valence electrons. The molecule has 1 aliphatic heterocycles. The van der Waals surface area contributed by atoms with Crippen LogP contribution in [0, 0.1) is 5.92 Å². The molecular weight excluding hydrogens is 286 g/mol. The molecule has 1 unspecified atom stereocenters. The van der Waals surface area contributed by atoms with Gasteiger partial charge >= 0.3 is 0 Å². The largest absolute Gasteiger partial charge is 0.379 e. The van der Waals surface area contributed by atoms with Crippen molar-refractivity contribution < 1.29 is 9.53 Å². The molecule has 1 aromatic carbocycles. The Balaban J connectivity index is 0.00000161. The molecule has 0 aromatic heterocycles. The van der Waals surface area contributed by atoms with Crippen LogP contribution in [0.4, 0.5) is 0 Å². The summed E-state index contributed by atoms with van der Waals surface area (Å²) in [6.07, 6.45) is 3.97. The fraction of sp³-hybridized carbons (Fsp3) is 0.471. The summed E-state index contributed by atoms with van der Waals surface area (Å²) in [5.41, 5.74) is 2.12. The number of allylic oxidation sites excluding steroid dienone is 1. The highest BCUT2D eigenvalue weighted by Gasteiger charge is 2.30. The molecule has 3 rings (SSSR count). The molecule has 0 radical (unpaired) electrons. The van der Waals surface area contributed by atoms with Crippen molar-refractivity contribution in [2.45, 2.75) is 12.8 Å². The highest BCUT2D eigenvalue weighted by atomic mass is 35.5. The molecule has 4 heteroatoms. The zero-order chi connectivity index (χ0) is 13.8. The molecule has 1 aliphatic carbocycles. The molecule has 0 amide bonds. The number of hydrogen-bond acceptors (Lipinski definition) is 3. The molecule has 21 heavy (non-hydrogen) atoms. The van der Waals surface area contributed by atoms with Crippen molar-refractivity contribution in [1.29, 1.82) is 0 Å². The maximum Gasteiger partial charge on any atom is 0.163 e. The summed E-state index contributed by atoms with van der Waals surface area (Å²) in [6, 6.07) is 10.1. The van der Waals surface area contributed by atoms with E-state index in [1.165, 1.54) is 0 Å². The van der Waals surface area contributed by atoms with Gasteiger partial charge in [0.25, 0.3) is 0 Å². The monoisotopic (exact) mass is 307 g/mol. The number of ketones is 1. The molecule has 1 aromatic rings. The van der Waals surface area contributed by atoms with Crippen LogP contribution in [0.2, 0.25) is 0 Å². The topological polar surface area (TPSA) is 29.5 Å². The lowest BCUT2D eigenvalue weighted by molar-refractivity contribution is -0.118. The second kappa shape index (κ2) is 7.74. The lowest BCUT2D eigenvalue weighted by Crippen LogP contribution is -2.40. The van der Waals surface area contributed by atoms with E-state index in [0.717, 1.165) is 56.8 Å². The van der Waals surface area contributed by atoms with Gasteiger partial charge in [-0.15, -0.1) is 12.4 Å². The molecule has 0 bridgehead atoms. The van der Waals surface area contributed by atoms with Gasteiger partial charge in [0.05, 0.1) is 13.2 Å². The molecule has 0 spiro atoms. The van der Waals surface area contributed by atoms with E-state index in [1.807, 2.05) is 18.2 Å². The Labute approximate surface area is 132 Å². The number of nitrogens with zero attached hydrogens (tertiary/aromatic N) is 1. The summed E-state index contributed by atoms with van der Waals surface area (Å²) >= 11 is 0. The smallest absolute Gasteiger partial charge is 0.163 e. The fourth-order valence-corrected chi connectivity index (χ4v) is 3.01. The van der Waals surface area contributed by atoms with Crippen molar-refractivity contribution in [3.05, 3.63) is 41.5 Å². The number of carbonyl (C=O) groups excluding carboxylic acids is 1. The first-order valence-electron chi connectivity index (χ1n) is 7.43. The van der Waals surface area contributed by atoms with E-state index in [2.05, 4.69) is 23.1 Å². The minimum absolute atomic E-state index is 0. The summed E-state index contributed by atoms with van der Waals surface area (Å²) in [7, 11) is 0. The fourth-order valence-electron chi connectivity index (χ4n) is 3.01. The van der Waals surface area contributed by atoms with Crippen LogP contribution in [-0.2, 0) is 9.53 Å². The summed E-state index contributed by atoms with van der Waals surface area (Å²) in [4.78, 5) is 14.8. The number of halogens is 1. The second-order valence-electron chi connectivity index (χ2n) is 5.59. The minimum Gasteiger partial charge on any atom is -0.379 e. The van der Waals surface area contributed by atoms with Gasteiger partial charge in [0.2, 0.25) is 0 Å². The number of Topliss-reactive ketones (excluding diaryl/α,β-unsaturated/α-hetero) is 1. The molecule has 0 N–H and O–H groups in total. The van der Waals surface area contributed by atoms with Crippen LogP contribution in [-0.4, -0.2) is 43.5 Å². The lowest BCUT2D eigenvalue weighted by atomic mass is 10.0. The Hall–Kier alpha value is -1.16. The van der Waals surface area contributed by atoms with Crippen LogP contribution in [0.1, 0.15) is 18.4 Å². The van der Waals surface area contributed by atoms with Crippen LogP contribution < -0.4 is 0 Å². The SMILES string of the molecule is Cl.O=C1/C(=C/c2ccccc2)CCC1CN1CCOCC1. The van der Waals surface area contributed by atoms with Crippen LogP contribution in [0.15, 0.2) is 35.9 Å². The summed E-state index contributed by atoms with van der Waals surface area (Å²) in [6.45, 7) is 4.42. The maximum atomic E-state index is 12.5. The second-order valence-corrected chi connectivity index (χ2v) is 5.59. The predicted molar refractivity (Wildman–Crippen MR) is 86.7 cm³/mol. The molecule has 3 nitrogen and oxygen atoms in total. The number of ether oxygens (including phenoxy) is 1. The van der Waals surface area contributed by atoms with E-state index < -0.39 is 0 Å². The third-order valence-corrected chi connectivity index (χ3v) is 4.17. The Morgan fingerprint density at radius 1 is 1.19 bits per heavy atom. The van der Waals surface area contributed by atoms with E-state index in [-0.39, 0.29) is 18.3 Å². The summed E-state index contributed by atoms with van der Waals surface area (Å²) in [5.74, 6) is 0.531. The molecule has 2 fully saturated rings. The average Bonchev–Trinajstić information content (AvgIpc) is 2.83. The first-order valence-corrected chi connectivity index (χ1v) is 7.43. The maximum absolute atomic E-state index is 12.5. The summed E-state index contributed by atoms with van der Waals surface area (Å²) in [5, 5.41) is 0. The van der Waals surface area contributed by atoms with Crippen molar-refractivity contribution in [2.75, 3.05) is 32.8 Å². The van der Waals surface area contributed by atoms with Crippen molar-refractivity contribution >= 4 is 24.3 Å². The Bertz CT molecular complexity index is 495. The van der Waals surface area contributed by atoms with Crippen LogP contribution in [0.25, 0.3) is 6.08 Å². The number of hydrogen-bond donors (Lipinski definition) is 0. The number of benzene rings is 1. The van der Waals surface area contributed by atoms with Crippen LogP contribution >= 0.6 is 12.4 Å². The van der Waals surface area contributed by atoms with E-state index >= 15 is 0 Å². The molecule has 1 atom stereocenters. The van der Waals surface area contributed by atoms with Gasteiger partial charge in [-0.2, -0.15) is 0 Å². The third kappa shape index (κ3) is 4.16. The zero-order valence-electron chi connectivity index (χ0n) is 12.2. The third-order valence-electron chi connectivity index (χ3n) is 4.17. The molecule has 1 saturated carbocycles. The number of rotatable bonds is 3. The molecule has 1 heterocycles.